The average Bonchev–Trinajstić information content (AvgIpc) is 3.03. The molecule has 0 aliphatic heterocycles. The van der Waals surface area contributed by atoms with E-state index in [1.165, 1.54) is 23.1 Å². The first-order valence-electron chi connectivity index (χ1n) is 9.88. The maximum Gasteiger partial charge on any atom is 0.322 e. The van der Waals surface area contributed by atoms with Gasteiger partial charge in [-0.1, -0.05) is 19.9 Å². The minimum absolute atomic E-state index is 0.0457. The Labute approximate surface area is 172 Å². The number of nitrogens with zero attached hydrogens (tertiary/aromatic N) is 3. The SMILES string of the molecule is CC(C)CN(Cc1cccn1C)C(=O)CN(C(=O)Nc1cccc(F)c1)C(C)C. The quantitative estimate of drug-likeness (QED) is 0.723. The zero-order valence-corrected chi connectivity index (χ0v) is 17.9. The molecule has 1 aromatic carbocycles. The molecule has 0 spiro atoms. The van der Waals surface area contributed by atoms with Crippen molar-refractivity contribution in [3.63, 3.8) is 0 Å². The fraction of sp³-hybridized carbons (Fsp3) is 0.455. The van der Waals surface area contributed by atoms with Gasteiger partial charge in [-0.25, -0.2) is 9.18 Å². The Hall–Kier alpha value is -2.83. The van der Waals surface area contributed by atoms with Crippen LogP contribution >= 0.6 is 0 Å². The lowest BCUT2D eigenvalue weighted by atomic mass is 10.2. The van der Waals surface area contributed by atoms with Gasteiger partial charge in [-0.2, -0.15) is 0 Å². The number of urea groups is 1. The first kappa shape index (κ1) is 22.5. The summed E-state index contributed by atoms with van der Waals surface area (Å²) in [6.45, 7) is 8.85. The van der Waals surface area contributed by atoms with Gasteiger partial charge in [-0.05, 0) is 50.1 Å². The van der Waals surface area contributed by atoms with Crippen molar-refractivity contribution in [2.45, 2.75) is 40.3 Å². The maximum atomic E-state index is 13.4. The topological polar surface area (TPSA) is 57.6 Å². The van der Waals surface area contributed by atoms with E-state index in [1.807, 2.05) is 43.8 Å². The Bertz CT molecular complexity index is 832. The number of nitrogens with one attached hydrogen (secondary N) is 1. The Kier molecular flexibility index (Phi) is 7.82. The highest BCUT2D eigenvalue weighted by Gasteiger charge is 2.24. The van der Waals surface area contributed by atoms with Gasteiger partial charge in [0, 0.05) is 37.2 Å². The first-order chi connectivity index (χ1) is 13.7. The number of hydrogen-bond acceptors (Lipinski definition) is 2. The molecule has 0 radical (unpaired) electrons. The van der Waals surface area contributed by atoms with Crippen LogP contribution in [0.2, 0.25) is 0 Å². The second-order valence-corrected chi connectivity index (χ2v) is 7.94. The van der Waals surface area contributed by atoms with E-state index in [1.54, 1.807) is 11.0 Å². The summed E-state index contributed by atoms with van der Waals surface area (Å²) < 4.78 is 15.4. The van der Waals surface area contributed by atoms with E-state index in [2.05, 4.69) is 19.2 Å². The fourth-order valence-corrected chi connectivity index (χ4v) is 3.05. The third-order valence-electron chi connectivity index (χ3n) is 4.61. The molecule has 158 valence electrons. The number of aryl methyl sites for hydroxylation is 1. The summed E-state index contributed by atoms with van der Waals surface area (Å²) in [5.74, 6) is -0.253. The molecular formula is C22H31FN4O2. The predicted octanol–water partition coefficient (Wildman–Crippen LogP) is 4.09. The van der Waals surface area contributed by atoms with E-state index in [9.17, 15) is 14.0 Å². The van der Waals surface area contributed by atoms with E-state index in [0.717, 1.165) is 5.69 Å². The maximum absolute atomic E-state index is 13.4. The van der Waals surface area contributed by atoms with Crippen molar-refractivity contribution in [1.29, 1.82) is 0 Å². The van der Waals surface area contributed by atoms with Crippen molar-refractivity contribution in [3.8, 4) is 0 Å². The summed E-state index contributed by atoms with van der Waals surface area (Å²) >= 11 is 0. The van der Waals surface area contributed by atoms with Crippen LogP contribution in [0.15, 0.2) is 42.6 Å². The van der Waals surface area contributed by atoms with Crippen molar-refractivity contribution >= 4 is 17.6 Å². The number of carbonyl (C=O) groups excluding carboxylic acids is 2. The standard InChI is InChI=1S/C22H31FN4O2/c1-16(2)13-26(14-20-10-7-11-25(20)5)21(28)15-27(17(3)4)22(29)24-19-9-6-8-18(23)12-19/h6-12,16-17H,13-15H2,1-5H3,(H,24,29). The van der Waals surface area contributed by atoms with Crippen LogP contribution in [0.1, 0.15) is 33.4 Å². The Morgan fingerprint density at radius 1 is 1.14 bits per heavy atom. The van der Waals surface area contributed by atoms with E-state index in [4.69, 9.17) is 0 Å². The number of anilines is 1. The zero-order valence-electron chi connectivity index (χ0n) is 17.9. The molecule has 1 heterocycles. The molecule has 0 saturated heterocycles. The number of benzene rings is 1. The molecule has 2 rings (SSSR count). The minimum atomic E-state index is -0.430. The van der Waals surface area contributed by atoms with Crippen LogP contribution in [-0.4, -0.2) is 45.4 Å². The first-order valence-corrected chi connectivity index (χ1v) is 9.88. The van der Waals surface area contributed by atoms with Crippen molar-refractivity contribution < 1.29 is 14.0 Å². The molecule has 2 aromatic rings. The molecule has 0 saturated carbocycles. The minimum Gasteiger partial charge on any atom is -0.353 e. The van der Waals surface area contributed by atoms with Gasteiger partial charge in [0.1, 0.15) is 12.4 Å². The Balaban J connectivity index is 2.12. The highest BCUT2D eigenvalue weighted by Crippen LogP contribution is 2.13. The third-order valence-corrected chi connectivity index (χ3v) is 4.61. The summed E-state index contributed by atoms with van der Waals surface area (Å²) in [6, 6.07) is 9.01. The number of carbonyl (C=O) groups is 2. The second-order valence-electron chi connectivity index (χ2n) is 7.94. The molecule has 0 atom stereocenters. The van der Waals surface area contributed by atoms with Crippen molar-refractivity contribution in [3.05, 3.63) is 54.1 Å². The molecule has 0 fully saturated rings. The summed E-state index contributed by atoms with van der Waals surface area (Å²) in [5.41, 5.74) is 1.38. The molecule has 0 unspecified atom stereocenters. The molecule has 1 aromatic heterocycles. The van der Waals surface area contributed by atoms with Crippen LogP contribution in [0, 0.1) is 11.7 Å². The molecule has 6 nitrogen and oxygen atoms in total. The normalized spacial score (nSPS) is 11.0. The van der Waals surface area contributed by atoms with Gasteiger partial charge >= 0.3 is 6.03 Å². The van der Waals surface area contributed by atoms with Gasteiger partial charge in [-0.15, -0.1) is 0 Å². The monoisotopic (exact) mass is 402 g/mol. The van der Waals surface area contributed by atoms with Gasteiger partial charge in [0.25, 0.3) is 0 Å². The van der Waals surface area contributed by atoms with Crippen LogP contribution in [-0.2, 0) is 18.4 Å². The number of hydrogen-bond donors (Lipinski definition) is 1. The van der Waals surface area contributed by atoms with Crippen LogP contribution in [0.3, 0.4) is 0 Å². The van der Waals surface area contributed by atoms with E-state index in [-0.39, 0.29) is 18.5 Å². The number of amides is 3. The lowest BCUT2D eigenvalue weighted by molar-refractivity contribution is -0.133. The van der Waals surface area contributed by atoms with Crippen molar-refractivity contribution in [2.75, 3.05) is 18.4 Å². The average molecular weight is 403 g/mol. The highest BCUT2D eigenvalue weighted by molar-refractivity contribution is 5.92. The van der Waals surface area contributed by atoms with Crippen LogP contribution in [0.25, 0.3) is 0 Å². The summed E-state index contributed by atoms with van der Waals surface area (Å²) in [6.07, 6.45) is 1.94. The van der Waals surface area contributed by atoms with Gasteiger partial charge in [-0.3, -0.25) is 4.79 Å². The van der Waals surface area contributed by atoms with E-state index >= 15 is 0 Å². The lowest BCUT2D eigenvalue weighted by Gasteiger charge is -2.31. The molecule has 1 N–H and O–H groups in total. The summed E-state index contributed by atoms with van der Waals surface area (Å²) in [5, 5.41) is 2.68. The Morgan fingerprint density at radius 3 is 2.41 bits per heavy atom. The number of halogens is 1. The lowest BCUT2D eigenvalue weighted by Crippen LogP contribution is -2.48. The van der Waals surface area contributed by atoms with Crippen LogP contribution < -0.4 is 5.32 Å². The Morgan fingerprint density at radius 2 is 1.86 bits per heavy atom. The number of rotatable bonds is 8. The van der Waals surface area contributed by atoms with Gasteiger partial charge in [0.15, 0.2) is 0 Å². The zero-order chi connectivity index (χ0) is 21.6. The molecular weight excluding hydrogens is 371 g/mol. The summed E-state index contributed by atoms with van der Waals surface area (Å²) in [7, 11) is 1.94. The molecule has 7 heteroatoms. The predicted molar refractivity (Wildman–Crippen MR) is 113 cm³/mol. The van der Waals surface area contributed by atoms with E-state index in [0.29, 0.717) is 24.7 Å². The largest absolute Gasteiger partial charge is 0.353 e. The van der Waals surface area contributed by atoms with Gasteiger partial charge in [0.05, 0.1) is 6.54 Å². The van der Waals surface area contributed by atoms with Gasteiger partial charge in [0.2, 0.25) is 5.91 Å². The van der Waals surface area contributed by atoms with Crippen molar-refractivity contribution in [2.24, 2.45) is 13.0 Å². The smallest absolute Gasteiger partial charge is 0.322 e. The fourth-order valence-electron chi connectivity index (χ4n) is 3.05. The third kappa shape index (κ3) is 6.62. The number of aromatic nitrogens is 1. The highest BCUT2D eigenvalue weighted by atomic mass is 19.1. The molecule has 0 aliphatic carbocycles. The molecule has 0 bridgehead atoms. The van der Waals surface area contributed by atoms with E-state index < -0.39 is 11.8 Å². The second kappa shape index (κ2) is 10.1. The molecule has 3 amide bonds. The summed E-state index contributed by atoms with van der Waals surface area (Å²) in [4.78, 5) is 29.1. The van der Waals surface area contributed by atoms with Gasteiger partial charge < -0.3 is 19.7 Å². The molecule has 29 heavy (non-hydrogen) atoms. The molecule has 0 aliphatic rings. The van der Waals surface area contributed by atoms with Crippen LogP contribution in [0.4, 0.5) is 14.9 Å². The van der Waals surface area contributed by atoms with Crippen molar-refractivity contribution in [1.82, 2.24) is 14.4 Å². The van der Waals surface area contributed by atoms with Crippen LogP contribution in [0.5, 0.6) is 0 Å².